The van der Waals surface area contributed by atoms with Gasteiger partial charge in [-0.1, -0.05) is 12.1 Å². The fraction of sp³-hybridized carbons (Fsp3) is 0.211. The van der Waals surface area contributed by atoms with Crippen molar-refractivity contribution in [1.82, 2.24) is 9.13 Å². The van der Waals surface area contributed by atoms with E-state index in [1.807, 2.05) is 0 Å². The van der Waals surface area contributed by atoms with Crippen LogP contribution in [-0.4, -0.2) is 40.2 Å². The number of imidazole rings is 1. The van der Waals surface area contributed by atoms with Crippen molar-refractivity contribution in [2.75, 3.05) is 14.2 Å². The molecular weight excluding hydrogens is 352 g/mol. The lowest BCUT2D eigenvalue weighted by molar-refractivity contribution is -0.137. The molecule has 0 aliphatic carbocycles. The van der Waals surface area contributed by atoms with E-state index >= 15 is 0 Å². The van der Waals surface area contributed by atoms with Gasteiger partial charge in [-0.2, -0.15) is 0 Å². The third kappa shape index (κ3) is 3.41. The highest BCUT2D eigenvalue weighted by molar-refractivity contribution is 5.99. The van der Waals surface area contributed by atoms with Crippen LogP contribution in [0.1, 0.15) is 10.4 Å². The highest BCUT2D eigenvalue weighted by atomic mass is 16.5. The number of carbonyl (C=O) groups is 2. The summed E-state index contributed by atoms with van der Waals surface area (Å²) in [6, 6.07) is 11.6. The van der Waals surface area contributed by atoms with E-state index in [-0.39, 0.29) is 17.9 Å². The second-order valence-corrected chi connectivity index (χ2v) is 5.83. The quantitative estimate of drug-likeness (QED) is 0.637. The van der Waals surface area contributed by atoms with Gasteiger partial charge in [0.25, 0.3) is 0 Å². The van der Waals surface area contributed by atoms with E-state index in [4.69, 9.17) is 14.6 Å². The Morgan fingerprint density at radius 2 is 1.59 bits per heavy atom. The number of aromatic nitrogens is 2. The summed E-state index contributed by atoms with van der Waals surface area (Å²) in [5.74, 6) is -0.644. The first-order valence-corrected chi connectivity index (χ1v) is 8.11. The SMILES string of the molecule is COc1ccc(OC)c(C(=O)Cn2c(=O)n(CC(=O)O)c3ccccc32)c1. The normalized spacial score (nSPS) is 10.7. The summed E-state index contributed by atoms with van der Waals surface area (Å²) >= 11 is 0. The number of carbonyl (C=O) groups excluding carboxylic acids is 1. The first-order chi connectivity index (χ1) is 13.0. The maximum absolute atomic E-state index is 12.9. The summed E-state index contributed by atoms with van der Waals surface area (Å²) in [4.78, 5) is 36.7. The fourth-order valence-corrected chi connectivity index (χ4v) is 2.97. The molecule has 0 spiro atoms. The Balaban J connectivity index is 2.07. The molecule has 0 radical (unpaired) electrons. The van der Waals surface area contributed by atoms with Gasteiger partial charge in [0.15, 0.2) is 5.78 Å². The van der Waals surface area contributed by atoms with Crippen LogP contribution in [-0.2, 0) is 17.9 Å². The zero-order valence-electron chi connectivity index (χ0n) is 14.8. The van der Waals surface area contributed by atoms with Gasteiger partial charge >= 0.3 is 11.7 Å². The molecule has 0 atom stereocenters. The van der Waals surface area contributed by atoms with E-state index in [2.05, 4.69) is 0 Å². The lowest BCUT2D eigenvalue weighted by Crippen LogP contribution is -2.29. The topological polar surface area (TPSA) is 99.8 Å². The first kappa shape index (κ1) is 18.2. The Hall–Kier alpha value is -3.55. The van der Waals surface area contributed by atoms with E-state index in [0.29, 0.717) is 22.5 Å². The average Bonchev–Trinajstić information content (AvgIpc) is 2.93. The molecule has 3 aromatic rings. The molecule has 140 valence electrons. The lowest BCUT2D eigenvalue weighted by atomic mass is 10.1. The highest BCUT2D eigenvalue weighted by Gasteiger charge is 2.20. The molecule has 0 saturated carbocycles. The van der Waals surface area contributed by atoms with Crippen molar-refractivity contribution in [1.29, 1.82) is 0 Å². The van der Waals surface area contributed by atoms with Gasteiger partial charge in [-0.3, -0.25) is 18.7 Å². The minimum Gasteiger partial charge on any atom is -0.497 e. The number of hydrogen-bond donors (Lipinski definition) is 1. The molecule has 0 unspecified atom stereocenters. The van der Waals surface area contributed by atoms with Gasteiger partial charge in [-0.25, -0.2) is 4.79 Å². The number of carboxylic acid groups (broad SMARTS) is 1. The van der Waals surface area contributed by atoms with Crippen molar-refractivity contribution >= 4 is 22.8 Å². The number of ketones is 1. The maximum atomic E-state index is 12.9. The van der Waals surface area contributed by atoms with Gasteiger partial charge < -0.3 is 14.6 Å². The molecule has 8 heteroatoms. The van der Waals surface area contributed by atoms with Crippen LogP contribution < -0.4 is 15.2 Å². The van der Waals surface area contributed by atoms with Gasteiger partial charge in [0, 0.05) is 0 Å². The summed E-state index contributed by atoms with van der Waals surface area (Å²) in [5, 5.41) is 9.08. The Kier molecular flexibility index (Phi) is 4.98. The number of ether oxygens (including phenoxy) is 2. The molecule has 0 aliphatic heterocycles. The minimum atomic E-state index is -1.14. The number of rotatable bonds is 7. The predicted octanol–water partition coefficient (Wildman–Crippen LogP) is 1.79. The van der Waals surface area contributed by atoms with Gasteiger partial charge in [0.2, 0.25) is 0 Å². The lowest BCUT2D eigenvalue weighted by Gasteiger charge is -2.10. The Bertz CT molecular complexity index is 1080. The standard InChI is InChI=1S/C19H18N2O6/c1-26-12-7-8-17(27-2)13(9-12)16(22)10-20-14-5-3-4-6-15(14)21(19(20)25)11-18(23)24/h3-9H,10-11H2,1-2H3,(H,23,24). The van der Waals surface area contributed by atoms with E-state index in [1.54, 1.807) is 42.5 Å². The molecule has 27 heavy (non-hydrogen) atoms. The Labute approximate surface area is 154 Å². The molecule has 1 heterocycles. The van der Waals surface area contributed by atoms with Crippen molar-refractivity contribution in [2.24, 2.45) is 0 Å². The molecule has 0 fully saturated rings. The van der Waals surface area contributed by atoms with E-state index in [9.17, 15) is 14.4 Å². The number of para-hydroxylation sites is 2. The largest absolute Gasteiger partial charge is 0.497 e. The van der Waals surface area contributed by atoms with Crippen molar-refractivity contribution < 1.29 is 24.2 Å². The number of aliphatic carboxylic acids is 1. The van der Waals surface area contributed by atoms with Crippen LogP contribution >= 0.6 is 0 Å². The predicted molar refractivity (Wildman–Crippen MR) is 97.7 cm³/mol. The van der Waals surface area contributed by atoms with Crippen molar-refractivity contribution in [3.8, 4) is 11.5 Å². The summed E-state index contributed by atoms with van der Waals surface area (Å²) < 4.78 is 12.8. The zero-order chi connectivity index (χ0) is 19.6. The van der Waals surface area contributed by atoms with Crippen molar-refractivity contribution in [2.45, 2.75) is 13.1 Å². The number of benzene rings is 2. The van der Waals surface area contributed by atoms with Crippen molar-refractivity contribution in [3.63, 3.8) is 0 Å². The van der Waals surface area contributed by atoms with Gasteiger partial charge in [0.1, 0.15) is 18.0 Å². The molecule has 3 rings (SSSR count). The molecule has 1 aromatic heterocycles. The fourth-order valence-electron chi connectivity index (χ4n) is 2.97. The summed E-state index contributed by atoms with van der Waals surface area (Å²) in [6.45, 7) is -0.738. The monoisotopic (exact) mass is 370 g/mol. The second kappa shape index (κ2) is 7.36. The zero-order valence-corrected chi connectivity index (χ0v) is 14.8. The Morgan fingerprint density at radius 1 is 0.963 bits per heavy atom. The van der Waals surface area contributed by atoms with Gasteiger partial charge in [-0.15, -0.1) is 0 Å². The number of nitrogens with zero attached hydrogens (tertiary/aromatic N) is 2. The number of carboxylic acids is 1. The number of Topliss-reactive ketones (excluding diaryl/α,β-unsaturated/α-hetero) is 1. The van der Waals surface area contributed by atoms with Crippen LogP contribution in [0.4, 0.5) is 0 Å². The molecule has 0 bridgehead atoms. The molecule has 0 saturated heterocycles. The van der Waals surface area contributed by atoms with E-state index in [1.165, 1.54) is 18.8 Å². The smallest absolute Gasteiger partial charge is 0.330 e. The number of methoxy groups -OCH3 is 2. The van der Waals surface area contributed by atoms with Crippen LogP contribution in [0.25, 0.3) is 11.0 Å². The van der Waals surface area contributed by atoms with Crippen LogP contribution in [0, 0.1) is 0 Å². The molecule has 1 N–H and O–H groups in total. The van der Waals surface area contributed by atoms with Crippen LogP contribution in [0.3, 0.4) is 0 Å². The summed E-state index contributed by atoms with van der Waals surface area (Å²) in [7, 11) is 2.93. The summed E-state index contributed by atoms with van der Waals surface area (Å²) in [5.41, 5.74) is 0.655. The van der Waals surface area contributed by atoms with Gasteiger partial charge in [0.05, 0.1) is 37.4 Å². The van der Waals surface area contributed by atoms with Gasteiger partial charge in [-0.05, 0) is 30.3 Å². The third-order valence-corrected chi connectivity index (χ3v) is 4.23. The Morgan fingerprint density at radius 3 is 2.15 bits per heavy atom. The minimum absolute atomic E-state index is 0.254. The second-order valence-electron chi connectivity index (χ2n) is 5.83. The van der Waals surface area contributed by atoms with Crippen LogP contribution in [0.15, 0.2) is 47.3 Å². The van der Waals surface area contributed by atoms with E-state index < -0.39 is 18.2 Å². The number of fused-ring (bicyclic) bond motifs is 1. The molecule has 8 nitrogen and oxygen atoms in total. The van der Waals surface area contributed by atoms with Crippen LogP contribution in [0.2, 0.25) is 0 Å². The van der Waals surface area contributed by atoms with Crippen LogP contribution in [0.5, 0.6) is 11.5 Å². The van der Waals surface area contributed by atoms with Crippen molar-refractivity contribution in [3.05, 3.63) is 58.5 Å². The third-order valence-electron chi connectivity index (χ3n) is 4.23. The van der Waals surface area contributed by atoms with E-state index in [0.717, 1.165) is 4.57 Å². The molecular formula is C19H18N2O6. The summed E-state index contributed by atoms with van der Waals surface area (Å²) in [6.07, 6.45) is 0. The maximum Gasteiger partial charge on any atom is 0.330 e. The first-order valence-electron chi connectivity index (χ1n) is 8.11. The molecule has 0 aliphatic rings. The molecule has 2 aromatic carbocycles. The number of hydrogen-bond acceptors (Lipinski definition) is 5. The molecule has 0 amide bonds. The highest BCUT2D eigenvalue weighted by Crippen LogP contribution is 2.25. The average molecular weight is 370 g/mol.